The van der Waals surface area contributed by atoms with E-state index in [0.29, 0.717) is 17.9 Å². The van der Waals surface area contributed by atoms with Crippen molar-refractivity contribution < 1.29 is 9.53 Å². The maximum Gasteiger partial charge on any atom is 0.257 e. The molecule has 2 rings (SSSR count). The molecular formula is C16H14BrIN2O2S. The molecule has 1 amide bonds. The topological polar surface area (TPSA) is 50.4 Å². The van der Waals surface area contributed by atoms with Gasteiger partial charge in [0, 0.05) is 9.13 Å². The Kier molecular flexibility index (Phi) is 6.79. The molecule has 0 saturated carbocycles. The Labute approximate surface area is 162 Å². The fourth-order valence-electron chi connectivity index (χ4n) is 1.81. The lowest BCUT2D eigenvalue weighted by molar-refractivity contribution is 0.0977. The molecule has 2 N–H and O–H groups in total. The number of carbonyl (C=O) groups is 1. The van der Waals surface area contributed by atoms with Crippen LogP contribution in [-0.2, 0) is 0 Å². The summed E-state index contributed by atoms with van der Waals surface area (Å²) in [6, 6.07) is 12.8. The van der Waals surface area contributed by atoms with Crippen LogP contribution in [0.3, 0.4) is 0 Å². The molecule has 0 saturated heterocycles. The molecule has 0 aromatic heterocycles. The zero-order valence-corrected chi connectivity index (χ0v) is 16.8. The van der Waals surface area contributed by atoms with Crippen molar-refractivity contribution in [2.75, 3.05) is 11.9 Å². The summed E-state index contributed by atoms with van der Waals surface area (Å²) in [6.45, 7) is 2.47. The molecule has 0 aliphatic carbocycles. The van der Waals surface area contributed by atoms with Crippen LogP contribution in [-0.4, -0.2) is 17.6 Å². The second-order valence-corrected chi connectivity index (χ2v) is 6.89. The van der Waals surface area contributed by atoms with Gasteiger partial charge in [0.05, 0.1) is 16.8 Å². The number of ether oxygens (including phenoxy) is 1. The molecule has 0 heterocycles. The van der Waals surface area contributed by atoms with Gasteiger partial charge in [0.2, 0.25) is 0 Å². The van der Waals surface area contributed by atoms with E-state index in [4.69, 9.17) is 17.0 Å². The number of amides is 1. The van der Waals surface area contributed by atoms with Crippen LogP contribution in [0.4, 0.5) is 5.69 Å². The van der Waals surface area contributed by atoms with Crippen molar-refractivity contribution in [2.45, 2.75) is 6.92 Å². The van der Waals surface area contributed by atoms with E-state index in [-0.39, 0.29) is 11.0 Å². The molecule has 2 aromatic carbocycles. The Morgan fingerprint density at radius 2 is 2.04 bits per heavy atom. The van der Waals surface area contributed by atoms with E-state index in [0.717, 1.165) is 13.7 Å². The summed E-state index contributed by atoms with van der Waals surface area (Å²) in [7, 11) is 0. The molecule has 0 unspecified atom stereocenters. The smallest absolute Gasteiger partial charge is 0.257 e. The summed E-state index contributed by atoms with van der Waals surface area (Å²) >= 11 is 10.8. The number of thiocarbonyl (C=S) groups is 1. The fourth-order valence-corrected chi connectivity index (χ4v) is 3.02. The fraction of sp³-hybridized carbons (Fsp3) is 0.125. The third-order valence-corrected chi connectivity index (χ3v) is 4.61. The summed E-state index contributed by atoms with van der Waals surface area (Å²) < 4.78 is 7.17. The molecule has 0 atom stereocenters. The molecule has 0 spiro atoms. The van der Waals surface area contributed by atoms with Gasteiger partial charge in [-0.05, 0) is 88.0 Å². The number of anilines is 1. The maximum atomic E-state index is 12.2. The minimum atomic E-state index is -0.280. The first-order chi connectivity index (χ1) is 11.0. The highest BCUT2D eigenvalue weighted by Gasteiger charge is 2.11. The number of rotatable bonds is 4. The van der Waals surface area contributed by atoms with E-state index in [1.165, 1.54) is 0 Å². The first-order valence-electron chi connectivity index (χ1n) is 6.80. The second kappa shape index (κ2) is 8.60. The van der Waals surface area contributed by atoms with Crippen LogP contribution in [0.2, 0.25) is 0 Å². The Hall–Kier alpha value is -1.19. The third kappa shape index (κ3) is 5.15. The zero-order valence-electron chi connectivity index (χ0n) is 12.2. The molecular weight excluding hydrogens is 491 g/mol. The van der Waals surface area contributed by atoms with Crippen LogP contribution in [0.1, 0.15) is 17.3 Å². The molecule has 0 fully saturated rings. The number of halogens is 2. The van der Waals surface area contributed by atoms with Gasteiger partial charge in [0.15, 0.2) is 5.11 Å². The lowest BCUT2D eigenvalue weighted by Crippen LogP contribution is -2.34. The molecule has 0 radical (unpaired) electrons. The molecule has 7 heteroatoms. The molecule has 0 bridgehead atoms. The van der Waals surface area contributed by atoms with E-state index in [1.54, 1.807) is 18.2 Å². The Morgan fingerprint density at radius 3 is 2.70 bits per heavy atom. The van der Waals surface area contributed by atoms with Crippen molar-refractivity contribution in [1.29, 1.82) is 0 Å². The van der Waals surface area contributed by atoms with Gasteiger partial charge in [0.1, 0.15) is 5.75 Å². The van der Waals surface area contributed by atoms with E-state index >= 15 is 0 Å². The van der Waals surface area contributed by atoms with Crippen LogP contribution >= 0.6 is 50.7 Å². The van der Waals surface area contributed by atoms with Crippen molar-refractivity contribution in [3.63, 3.8) is 0 Å². The van der Waals surface area contributed by atoms with E-state index < -0.39 is 0 Å². The Balaban J connectivity index is 2.02. The van der Waals surface area contributed by atoms with Gasteiger partial charge >= 0.3 is 0 Å². The lowest BCUT2D eigenvalue weighted by Gasteiger charge is -2.12. The average Bonchev–Trinajstić information content (AvgIpc) is 2.51. The largest absolute Gasteiger partial charge is 0.493 e. The van der Waals surface area contributed by atoms with Gasteiger partial charge in [-0.25, -0.2) is 0 Å². The van der Waals surface area contributed by atoms with Crippen molar-refractivity contribution >= 4 is 67.4 Å². The molecule has 23 heavy (non-hydrogen) atoms. The number of carbonyl (C=O) groups excluding carboxylic acids is 1. The highest BCUT2D eigenvalue weighted by molar-refractivity contribution is 14.1. The van der Waals surface area contributed by atoms with Crippen molar-refractivity contribution in [3.05, 3.63) is 56.1 Å². The standard InChI is InChI=1S/C16H14BrIN2O2S/c1-2-22-14-8-7-10(9-11(14)17)15(21)20-16(23)19-13-6-4-3-5-12(13)18/h3-9H,2H2,1H3,(H2,19,20,21,23). The van der Waals surface area contributed by atoms with E-state index in [2.05, 4.69) is 49.2 Å². The zero-order chi connectivity index (χ0) is 16.8. The average molecular weight is 505 g/mol. The molecule has 120 valence electrons. The summed E-state index contributed by atoms with van der Waals surface area (Å²) in [4.78, 5) is 12.2. The Morgan fingerprint density at radius 1 is 1.30 bits per heavy atom. The van der Waals surface area contributed by atoms with Crippen LogP contribution in [0.15, 0.2) is 46.9 Å². The monoisotopic (exact) mass is 504 g/mol. The highest BCUT2D eigenvalue weighted by Crippen LogP contribution is 2.26. The number of benzene rings is 2. The lowest BCUT2D eigenvalue weighted by atomic mass is 10.2. The Bertz CT molecular complexity index is 740. The SMILES string of the molecule is CCOc1ccc(C(=O)NC(=S)Nc2ccccc2I)cc1Br. The minimum Gasteiger partial charge on any atom is -0.493 e. The first-order valence-corrected chi connectivity index (χ1v) is 9.08. The highest BCUT2D eigenvalue weighted by atomic mass is 127. The molecule has 2 aromatic rings. The van der Waals surface area contributed by atoms with Gasteiger partial charge in [0.25, 0.3) is 5.91 Å². The third-order valence-electron chi connectivity index (χ3n) is 2.84. The predicted octanol–water partition coefficient (Wildman–Crippen LogP) is 4.58. The first kappa shape index (κ1) is 18.2. The number of hydrogen-bond donors (Lipinski definition) is 2. The minimum absolute atomic E-state index is 0.254. The van der Waals surface area contributed by atoms with Gasteiger partial charge in [-0.3, -0.25) is 10.1 Å². The van der Waals surface area contributed by atoms with Crippen LogP contribution in [0, 0.1) is 3.57 Å². The van der Waals surface area contributed by atoms with Gasteiger partial charge in [-0.15, -0.1) is 0 Å². The normalized spacial score (nSPS) is 10.0. The summed E-state index contributed by atoms with van der Waals surface area (Å²) in [5.74, 6) is 0.417. The van der Waals surface area contributed by atoms with Crippen LogP contribution in [0.5, 0.6) is 5.75 Å². The molecule has 0 aliphatic rings. The number of para-hydroxylation sites is 1. The van der Waals surface area contributed by atoms with Crippen molar-refractivity contribution in [3.8, 4) is 5.75 Å². The van der Waals surface area contributed by atoms with Crippen molar-refractivity contribution in [2.24, 2.45) is 0 Å². The van der Waals surface area contributed by atoms with Crippen LogP contribution in [0.25, 0.3) is 0 Å². The van der Waals surface area contributed by atoms with Gasteiger partial charge < -0.3 is 10.1 Å². The van der Waals surface area contributed by atoms with E-state index in [1.807, 2.05) is 31.2 Å². The summed E-state index contributed by atoms with van der Waals surface area (Å²) in [5.41, 5.74) is 1.35. The summed E-state index contributed by atoms with van der Waals surface area (Å²) in [6.07, 6.45) is 0. The number of nitrogens with one attached hydrogen (secondary N) is 2. The van der Waals surface area contributed by atoms with Crippen LogP contribution < -0.4 is 15.4 Å². The predicted molar refractivity (Wildman–Crippen MR) is 108 cm³/mol. The second-order valence-electron chi connectivity index (χ2n) is 4.47. The molecule has 4 nitrogen and oxygen atoms in total. The van der Waals surface area contributed by atoms with Gasteiger partial charge in [-0.2, -0.15) is 0 Å². The summed E-state index contributed by atoms with van der Waals surface area (Å²) in [5, 5.41) is 5.93. The van der Waals surface area contributed by atoms with E-state index in [9.17, 15) is 4.79 Å². The number of hydrogen-bond acceptors (Lipinski definition) is 3. The maximum absolute atomic E-state index is 12.2. The van der Waals surface area contributed by atoms with Gasteiger partial charge in [-0.1, -0.05) is 12.1 Å². The molecule has 0 aliphatic heterocycles. The quantitative estimate of drug-likeness (QED) is 0.472. The van der Waals surface area contributed by atoms with Crippen molar-refractivity contribution in [1.82, 2.24) is 5.32 Å².